The van der Waals surface area contributed by atoms with Gasteiger partial charge in [0.15, 0.2) is 0 Å². The Hall–Kier alpha value is -6.69. The van der Waals surface area contributed by atoms with Crippen LogP contribution >= 0.6 is 0 Å². The lowest BCUT2D eigenvalue weighted by Crippen LogP contribution is -2.46. The summed E-state index contributed by atoms with van der Waals surface area (Å²) in [6.45, 7) is 4.23. The van der Waals surface area contributed by atoms with Crippen molar-refractivity contribution in [1.82, 2.24) is 44.3 Å². The van der Waals surface area contributed by atoms with Crippen LogP contribution in [0, 0.1) is 0 Å². The van der Waals surface area contributed by atoms with Crippen LogP contribution in [0.5, 0.6) is 0 Å². The maximum absolute atomic E-state index is 14.6. The Morgan fingerprint density at radius 1 is 0.700 bits per heavy atom. The van der Waals surface area contributed by atoms with Gasteiger partial charge >= 0.3 is 12.2 Å². The van der Waals surface area contributed by atoms with Crippen LogP contribution in [0.3, 0.4) is 0 Å². The van der Waals surface area contributed by atoms with Gasteiger partial charge in [0.1, 0.15) is 23.7 Å². The number of likely N-dealkylation sites (tertiary alicyclic amines) is 2. The topological polar surface area (TPSA) is 214 Å². The molecule has 4 amide bonds. The first-order chi connectivity index (χ1) is 28.9. The number of alkyl carbamates (subject to hydrolysis) is 2. The summed E-state index contributed by atoms with van der Waals surface area (Å²) in [5, 5.41) is 6.52. The van der Waals surface area contributed by atoms with Crippen molar-refractivity contribution in [3.63, 3.8) is 0 Å². The van der Waals surface area contributed by atoms with Crippen molar-refractivity contribution in [1.29, 1.82) is 0 Å². The minimum atomic E-state index is -4.13. The van der Waals surface area contributed by atoms with Crippen molar-refractivity contribution in [2.45, 2.75) is 68.6 Å². The summed E-state index contributed by atoms with van der Waals surface area (Å²) >= 11 is 0. The van der Waals surface area contributed by atoms with Crippen LogP contribution in [0.2, 0.25) is 0 Å². The average molecular weight is 836 g/mol. The minimum absolute atomic E-state index is 0.121. The number of methoxy groups -OCH3 is 2. The van der Waals surface area contributed by atoms with Crippen LogP contribution < -0.4 is 10.6 Å². The molecule has 18 heteroatoms. The molecule has 4 atom stereocenters. The van der Waals surface area contributed by atoms with Gasteiger partial charge in [-0.05, 0) is 63.8 Å². The highest BCUT2D eigenvalue weighted by atomic mass is 32.2. The normalized spacial score (nSPS) is 17.8. The van der Waals surface area contributed by atoms with E-state index < -0.39 is 34.3 Å². The second-order valence-corrected chi connectivity index (χ2v) is 16.8. The highest BCUT2D eigenvalue weighted by molar-refractivity contribution is 7.90. The number of benzene rings is 3. The van der Waals surface area contributed by atoms with E-state index in [1.54, 1.807) is 66.4 Å². The molecule has 2 aliphatic rings. The molecular formula is C42H45N9O8S. The minimum Gasteiger partial charge on any atom is -0.453 e. The number of hydrogen-bond acceptors (Lipinski definition) is 10. The van der Waals surface area contributed by atoms with Crippen LogP contribution in [0.1, 0.15) is 63.3 Å². The van der Waals surface area contributed by atoms with Gasteiger partial charge in [0, 0.05) is 35.0 Å². The van der Waals surface area contributed by atoms with Gasteiger partial charge in [-0.15, -0.1) is 0 Å². The molecule has 2 fully saturated rings. The van der Waals surface area contributed by atoms with Gasteiger partial charge in [-0.3, -0.25) is 9.59 Å². The molecule has 2 saturated heterocycles. The first-order valence-corrected chi connectivity index (χ1v) is 21.1. The molecule has 6 aromatic rings. The number of amides is 4. The molecule has 60 heavy (non-hydrogen) atoms. The van der Waals surface area contributed by atoms with E-state index in [2.05, 4.69) is 40.0 Å². The number of carbonyl (C=O) groups is 4. The van der Waals surface area contributed by atoms with Crippen LogP contribution in [0.4, 0.5) is 9.59 Å². The number of aromatic nitrogens is 5. The van der Waals surface area contributed by atoms with Gasteiger partial charge in [0.05, 0.1) is 66.0 Å². The molecule has 8 rings (SSSR count). The zero-order valence-corrected chi connectivity index (χ0v) is 34.3. The van der Waals surface area contributed by atoms with Crippen LogP contribution in [0.25, 0.3) is 44.3 Å². The summed E-state index contributed by atoms with van der Waals surface area (Å²) < 4.78 is 40.0. The van der Waals surface area contributed by atoms with E-state index in [0.717, 1.165) is 23.6 Å². The third-order valence-electron chi connectivity index (χ3n) is 11.3. The summed E-state index contributed by atoms with van der Waals surface area (Å²) in [6, 6.07) is 17.2. The van der Waals surface area contributed by atoms with E-state index in [1.165, 1.54) is 18.2 Å². The number of imidazole rings is 2. The van der Waals surface area contributed by atoms with Gasteiger partial charge in [-0.2, -0.15) is 0 Å². The zero-order chi connectivity index (χ0) is 42.3. The molecule has 0 saturated carbocycles. The first-order valence-electron chi connectivity index (χ1n) is 19.7. The number of ether oxygens (including phenoxy) is 2. The molecule has 312 valence electrons. The third kappa shape index (κ3) is 7.31. The predicted octanol–water partition coefficient (Wildman–Crippen LogP) is 5.63. The van der Waals surface area contributed by atoms with E-state index in [0.29, 0.717) is 71.1 Å². The number of H-pyrrole nitrogens is 2. The summed E-state index contributed by atoms with van der Waals surface area (Å²) in [5.41, 5.74) is 3.58. The highest BCUT2D eigenvalue weighted by Gasteiger charge is 2.36. The Morgan fingerprint density at radius 3 is 1.58 bits per heavy atom. The summed E-state index contributed by atoms with van der Waals surface area (Å²) in [5.74, 6) is 0.664. The molecule has 0 aliphatic carbocycles. The van der Waals surface area contributed by atoms with Crippen LogP contribution in [0.15, 0.2) is 84.0 Å². The Labute approximate surface area is 345 Å². The fraction of sp³-hybridized carbons (Fsp3) is 0.333. The van der Waals surface area contributed by atoms with Gasteiger partial charge in [0.25, 0.3) is 10.0 Å². The van der Waals surface area contributed by atoms with Gasteiger partial charge < -0.3 is 39.9 Å². The van der Waals surface area contributed by atoms with Crippen molar-refractivity contribution in [2.75, 3.05) is 27.3 Å². The van der Waals surface area contributed by atoms with Gasteiger partial charge in [0.2, 0.25) is 11.8 Å². The Morgan fingerprint density at radius 2 is 1.15 bits per heavy atom. The Bertz CT molecular complexity index is 2580. The monoisotopic (exact) mass is 835 g/mol. The Kier molecular flexibility index (Phi) is 10.8. The molecule has 0 spiro atoms. The van der Waals surface area contributed by atoms with Crippen molar-refractivity contribution in [3.8, 4) is 22.5 Å². The number of rotatable bonds is 10. The van der Waals surface area contributed by atoms with E-state index in [4.69, 9.17) is 0 Å². The molecule has 2 aliphatic heterocycles. The number of nitrogens with one attached hydrogen (secondary N) is 4. The Balaban J connectivity index is 1.15. The molecule has 0 bridgehead atoms. The molecule has 3 aromatic heterocycles. The molecule has 3 aromatic carbocycles. The second kappa shape index (κ2) is 16.2. The second-order valence-electron chi connectivity index (χ2n) is 15.0. The standard InChI is InChI=1S/C42H45N9O8S/c1-24(45-41(54)58-3)39(52)49-18-8-12-33(49)37-43-22-31(47-37)26-14-16-29-30-17-15-27(21-36(30)51(35(29)20-26)60(56,57)28-10-6-5-7-11-28)32-23-44-38(48-32)34-13-9-19-50(34)40(53)25(2)46-42(55)59-4/h5-7,10-11,14-17,20-25,33-34H,8-9,12-13,18-19H2,1-4H3,(H,43,47)(H,44,48)(H,45,54)(H,46,55)/t24-,25-,33-,34?/m0/s1. The lowest BCUT2D eigenvalue weighted by Gasteiger charge is -2.26. The van der Waals surface area contributed by atoms with E-state index >= 15 is 0 Å². The van der Waals surface area contributed by atoms with Crippen molar-refractivity contribution < 1.29 is 37.1 Å². The average Bonchev–Trinajstić information content (AvgIpc) is 4.11. The van der Waals surface area contributed by atoms with E-state index in [9.17, 15) is 27.6 Å². The van der Waals surface area contributed by atoms with Crippen LogP contribution in [-0.4, -0.2) is 106 Å². The smallest absolute Gasteiger partial charge is 0.407 e. The fourth-order valence-electron chi connectivity index (χ4n) is 8.30. The highest BCUT2D eigenvalue weighted by Crippen LogP contribution is 2.39. The molecule has 5 heterocycles. The molecule has 17 nitrogen and oxygen atoms in total. The number of nitrogens with zero attached hydrogens (tertiary/aromatic N) is 5. The molecule has 0 radical (unpaired) electrons. The lowest BCUT2D eigenvalue weighted by atomic mass is 10.1. The summed E-state index contributed by atoms with van der Waals surface area (Å²) in [7, 11) is -1.65. The number of carbonyl (C=O) groups excluding carboxylic acids is 4. The summed E-state index contributed by atoms with van der Waals surface area (Å²) in [4.78, 5) is 69.8. The third-order valence-corrected chi connectivity index (χ3v) is 13.0. The van der Waals surface area contributed by atoms with Gasteiger partial charge in [-0.1, -0.05) is 42.5 Å². The quantitative estimate of drug-likeness (QED) is 0.134. The van der Waals surface area contributed by atoms with E-state index in [1.807, 2.05) is 36.4 Å². The predicted molar refractivity (Wildman–Crippen MR) is 221 cm³/mol. The molecule has 1 unspecified atom stereocenters. The maximum Gasteiger partial charge on any atom is 0.407 e. The van der Waals surface area contributed by atoms with E-state index in [-0.39, 0.29) is 28.8 Å². The van der Waals surface area contributed by atoms with Crippen molar-refractivity contribution in [2.24, 2.45) is 0 Å². The largest absolute Gasteiger partial charge is 0.453 e. The number of hydrogen-bond donors (Lipinski definition) is 4. The fourth-order valence-corrected chi connectivity index (χ4v) is 9.84. The lowest BCUT2D eigenvalue weighted by molar-refractivity contribution is -0.134. The number of aromatic amines is 2. The number of fused-ring (bicyclic) bond motifs is 3. The van der Waals surface area contributed by atoms with Crippen molar-refractivity contribution in [3.05, 3.63) is 90.8 Å². The SMILES string of the molecule is COC(=O)N[C@@H](C)C(=O)N1CCCC1c1ncc(-c2ccc3c4ccc(-c5cnc([C@@H]6CCCN6C(=O)[C@H](C)NC(=O)OC)[nH]5)cc4n(S(=O)(=O)c4ccccc4)c3c2)[nH]1. The zero-order valence-electron chi connectivity index (χ0n) is 33.5. The summed E-state index contributed by atoms with van der Waals surface area (Å²) in [6.07, 6.45) is 4.85. The van der Waals surface area contributed by atoms with Gasteiger partial charge in [-0.25, -0.2) is 31.9 Å². The first kappa shape index (κ1) is 40.1. The van der Waals surface area contributed by atoms with Crippen molar-refractivity contribution >= 4 is 55.8 Å². The molecular weight excluding hydrogens is 791 g/mol. The maximum atomic E-state index is 14.6. The van der Waals surface area contributed by atoms with Crippen LogP contribution in [-0.2, 0) is 29.1 Å². The molecule has 4 N–H and O–H groups in total.